The number of aliphatic hydroxyl groups is 1. The van der Waals surface area contributed by atoms with Gasteiger partial charge in [-0.05, 0) is 6.42 Å². The number of nitrogen functional groups attached to an aromatic ring is 1. The summed E-state index contributed by atoms with van der Waals surface area (Å²) in [6.07, 6.45) is 8.21. The van der Waals surface area contributed by atoms with Gasteiger partial charge in [0, 0.05) is 6.42 Å². The second-order valence-corrected chi connectivity index (χ2v) is 6.10. The molecule has 2 rings (SSSR count). The van der Waals surface area contributed by atoms with Crippen LogP contribution in [0.15, 0.2) is 12.5 Å². The highest BCUT2D eigenvalue weighted by Crippen LogP contribution is 2.11. The summed E-state index contributed by atoms with van der Waals surface area (Å²) in [4.78, 5) is 23.9. The number of unbranched alkanes of at least 4 members (excludes halogenated alkanes) is 4. The van der Waals surface area contributed by atoms with Gasteiger partial charge >= 0.3 is 5.97 Å². The molecule has 0 aliphatic rings. The van der Waals surface area contributed by atoms with E-state index in [1.54, 1.807) is 10.9 Å². The van der Waals surface area contributed by atoms with Crippen molar-refractivity contribution in [2.75, 3.05) is 18.9 Å². The molecule has 0 bridgehead atoms. The van der Waals surface area contributed by atoms with E-state index >= 15 is 0 Å². The summed E-state index contributed by atoms with van der Waals surface area (Å²) in [5.41, 5.74) is 6.72. The number of nitrogens with zero attached hydrogens (tertiary/aromatic N) is 4. The Morgan fingerprint density at radius 2 is 2.12 bits per heavy atom. The van der Waals surface area contributed by atoms with Crippen LogP contribution in [0.2, 0.25) is 0 Å². The number of ether oxygens (including phenoxy) is 2. The minimum atomic E-state index is -0.615. The molecule has 0 saturated carbocycles. The second kappa shape index (κ2) is 10.7. The molecule has 9 heteroatoms. The highest BCUT2D eigenvalue weighted by molar-refractivity contribution is 5.70. The van der Waals surface area contributed by atoms with Crippen molar-refractivity contribution in [2.45, 2.75) is 58.3 Å². The van der Waals surface area contributed by atoms with Gasteiger partial charge in [0.05, 0.1) is 19.1 Å². The average Bonchev–Trinajstić information content (AvgIpc) is 3.04. The van der Waals surface area contributed by atoms with E-state index in [-0.39, 0.29) is 31.9 Å². The minimum Gasteiger partial charge on any atom is -0.463 e. The van der Waals surface area contributed by atoms with Crippen LogP contribution in [-0.2, 0) is 21.0 Å². The fourth-order valence-electron chi connectivity index (χ4n) is 2.43. The van der Waals surface area contributed by atoms with E-state index in [1.807, 2.05) is 0 Å². The number of imidazole rings is 1. The molecule has 26 heavy (non-hydrogen) atoms. The van der Waals surface area contributed by atoms with Crippen molar-refractivity contribution in [2.24, 2.45) is 0 Å². The lowest BCUT2D eigenvalue weighted by Gasteiger charge is -2.16. The SMILES string of the molecule is CCCCCCCC(=O)OCC(CO)OCn1cnc2cnc(N)nc21. The maximum Gasteiger partial charge on any atom is 0.305 e. The Bertz CT molecular complexity index is 691. The maximum atomic E-state index is 11.7. The molecule has 0 amide bonds. The Kier molecular flexibility index (Phi) is 8.23. The highest BCUT2D eigenvalue weighted by atomic mass is 16.6. The molecule has 0 spiro atoms. The molecule has 0 aliphatic carbocycles. The van der Waals surface area contributed by atoms with Gasteiger partial charge in [0.1, 0.15) is 25.0 Å². The van der Waals surface area contributed by atoms with E-state index in [9.17, 15) is 9.90 Å². The van der Waals surface area contributed by atoms with Crippen LogP contribution in [0.3, 0.4) is 0 Å². The second-order valence-electron chi connectivity index (χ2n) is 6.10. The first-order valence-electron chi connectivity index (χ1n) is 8.95. The first-order valence-corrected chi connectivity index (χ1v) is 8.95. The quantitative estimate of drug-likeness (QED) is 0.429. The lowest BCUT2D eigenvalue weighted by Crippen LogP contribution is -2.26. The van der Waals surface area contributed by atoms with Crippen molar-refractivity contribution in [3.8, 4) is 0 Å². The molecule has 2 aromatic heterocycles. The predicted octanol–water partition coefficient (Wildman–Crippen LogP) is 1.65. The molecule has 144 valence electrons. The number of aromatic nitrogens is 4. The Morgan fingerprint density at radius 1 is 1.31 bits per heavy atom. The standard InChI is InChI=1S/C17H27N5O4/c1-2-3-4-5-6-7-15(24)25-10-13(9-23)26-12-22-11-20-14-8-19-17(18)21-16(14)22/h8,11,13,23H,2-7,9-10,12H2,1H3,(H2,18,19,21). The Morgan fingerprint density at radius 3 is 2.88 bits per heavy atom. The first kappa shape index (κ1) is 20.1. The van der Waals surface area contributed by atoms with Gasteiger partial charge < -0.3 is 20.3 Å². The Hall–Kier alpha value is -2.26. The van der Waals surface area contributed by atoms with Gasteiger partial charge in [-0.2, -0.15) is 4.98 Å². The summed E-state index contributed by atoms with van der Waals surface area (Å²) in [6.45, 7) is 2.01. The molecule has 0 radical (unpaired) electrons. The normalized spacial score (nSPS) is 12.4. The van der Waals surface area contributed by atoms with Gasteiger partial charge in [-0.25, -0.2) is 9.97 Å². The molecule has 3 N–H and O–H groups in total. The van der Waals surface area contributed by atoms with Crippen LogP contribution in [0, 0.1) is 0 Å². The monoisotopic (exact) mass is 365 g/mol. The summed E-state index contributed by atoms with van der Waals surface area (Å²) >= 11 is 0. The van der Waals surface area contributed by atoms with E-state index in [0.717, 1.165) is 19.3 Å². The van der Waals surface area contributed by atoms with Crippen molar-refractivity contribution < 1.29 is 19.4 Å². The number of esters is 1. The molecule has 0 fully saturated rings. The van der Waals surface area contributed by atoms with Gasteiger partial charge in [-0.15, -0.1) is 0 Å². The number of hydrogen-bond donors (Lipinski definition) is 2. The van der Waals surface area contributed by atoms with Crippen LogP contribution in [-0.4, -0.2) is 49.9 Å². The highest BCUT2D eigenvalue weighted by Gasteiger charge is 2.13. The fraction of sp³-hybridized carbons (Fsp3) is 0.647. The number of carbonyl (C=O) groups excluding carboxylic acids is 1. The van der Waals surface area contributed by atoms with Crippen LogP contribution < -0.4 is 5.73 Å². The average molecular weight is 365 g/mol. The van der Waals surface area contributed by atoms with Gasteiger partial charge in [0.25, 0.3) is 0 Å². The Balaban J connectivity index is 1.73. The Labute approximate surface area is 152 Å². The number of rotatable bonds is 12. The van der Waals surface area contributed by atoms with Crippen molar-refractivity contribution >= 4 is 23.1 Å². The smallest absolute Gasteiger partial charge is 0.305 e. The zero-order valence-corrected chi connectivity index (χ0v) is 15.1. The van der Waals surface area contributed by atoms with Crippen LogP contribution in [0.5, 0.6) is 0 Å². The lowest BCUT2D eigenvalue weighted by molar-refractivity contribution is -0.150. The third-order valence-electron chi connectivity index (χ3n) is 3.94. The fourth-order valence-corrected chi connectivity index (χ4v) is 2.43. The number of carbonyl (C=O) groups is 1. The van der Waals surface area contributed by atoms with Crippen molar-refractivity contribution in [1.82, 2.24) is 19.5 Å². The molecule has 2 heterocycles. The third-order valence-corrected chi connectivity index (χ3v) is 3.94. The minimum absolute atomic E-state index is 0.00798. The molecule has 0 saturated heterocycles. The molecule has 0 aliphatic heterocycles. The van der Waals surface area contributed by atoms with Crippen molar-refractivity contribution in [3.63, 3.8) is 0 Å². The number of nitrogens with two attached hydrogens (primary N) is 1. The molecule has 1 unspecified atom stereocenters. The van der Waals surface area contributed by atoms with Gasteiger partial charge in [-0.1, -0.05) is 32.6 Å². The summed E-state index contributed by atoms with van der Waals surface area (Å²) in [5.74, 6) is -0.122. The molecule has 1 atom stereocenters. The first-order chi connectivity index (χ1) is 12.6. The zero-order chi connectivity index (χ0) is 18.8. The molecule has 9 nitrogen and oxygen atoms in total. The molecule has 0 aromatic carbocycles. The van der Waals surface area contributed by atoms with Crippen LogP contribution in [0.1, 0.15) is 45.4 Å². The van der Waals surface area contributed by atoms with Crippen LogP contribution >= 0.6 is 0 Å². The third kappa shape index (κ3) is 6.23. The van der Waals surface area contributed by atoms with Crippen LogP contribution in [0.4, 0.5) is 5.95 Å². The molecule has 2 aromatic rings. The van der Waals surface area contributed by atoms with E-state index in [4.69, 9.17) is 15.2 Å². The summed E-state index contributed by atoms with van der Waals surface area (Å²) < 4.78 is 12.4. The summed E-state index contributed by atoms with van der Waals surface area (Å²) in [6, 6.07) is 0. The maximum absolute atomic E-state index is 11.7. The van der Waals surface area contributed by atoms with E-state index < -0.39 is 6.10 Å². The van der Waals surface area contributed by atoms with E-state index in [0.29, 0.717) is 17.6 Å². The lowest BCUT2D eigenvalue weighted by atomic mass is 10.1. The van der Waals surface area contributed by atoms with Gasteiger partial charge in [0.15, 0.2) is 5.65 Å². The number of fused-ring (bicyclic) bond motifs is 1. The van der Waals surface area contributed by atoms with Crippen molar-refractivity contribution in [1.29, 1.82) is 0 Å². The topological polar surface area (TPSA) is 125 Å². The largest absolute Gasteiger partial charge is 0.463 e. The van der Waals surface area contributed by atoms with Crippen LogP contribution in [0.25, 0.3) is 11.2 Å². The van der Waals surface area contributed by atoms with E-state index in [2.05, 4.69) is 21.9 Å². The number of aliphatic hydroxyl groups excluding tert-OH is 1. The number of hydrogen-bond acceptors (Lipinski definition) is 8. The van der Waals surface area contributed by atoms with E-state index in [1.165, 1.54) is 19.0 Å². The zero-order valence-electron chi connectivity index (χ0n) is 15.1. The summed E-state index contributed by atoms with van der Waals surface area (Å²) in [7, 11) is 0. The number of anilines is 1. The van der Waals surface area contributed by atoms with Crippen molar-refractivity contribution in [3.05, 3.63) is 12.5 Å². The predicted molar refractivity (Wildman–Crippen MR) is 96.0 cm³/mol. The molecular formula is C17H27N5O4. The summed E-state index contributed by atoms with van der Waals surface area (Å²) in [5, 5.41) is 9.41. The van der Waals surface area contributed by atoms with Gasteiger partial charge in [-0.3, -0.25) is 9.36 Å². The molecular weight excluding hydrogens is 338 g/mol. The van der Waals surface area contributed by atoms with Gasteiger partial charge in [0.2, 0.25) is 5.95 Å².